The van der Waals surface area contributed by atoms with Crippen molar-refractivity contribution in [3.63, 3.8) is 0 Å². The van der Waals surface area contributed by atoms with Crippen LogP contribution in [0.5, 0.6) is 0 Å². The van der Waals surface area contributed by atoms with Gasteiger partial charge in [0.2, 0.25) is 0 Å². The summed E-state index contributed by atoms with van der Waals surface area (Å²) in [6, 6.07) is 0. The van der Waals surface area contributed by atoms with E-state index in [0.717, 1.165) is 17.9 Å². The average Bonchev–Trinajstić information content (AvgIpc) is 2.35. The highest BCUT2D eigenvalue weighted by atomic mass is 16.4. The summed E-state index contributed by atoms with van der Waals surface area (Å²) >= 11 is 0. The first kappa shape index (κ1) is 14.6. The van der Waals surface area contributed by atoms with Gasteiger partial charge in [0.1, 0.15) is 0 Å². The molecule has 0 aromatic rings. The lowest BCUT2D eigenvalue weighted by Crippen LogP contribution is -2.60. The number of carboxylic acid groups (broad SMARTS) is 1. The fraction of sp³-hybridized carbons (Fsp3) is 0.812. The molecule has 4 bridgehead atoms. The van der Waals surface area contributed by atoms with Gasteiger partial charge >= 0.3 is 5.97 Å². The van der Waals surface area contributed by atoms with E-state index < -0.39 is 5.97 Å². The molecule has 0 aliphatic heterocycles. The Morgan fingerprint density at radius 2 is 1.53 bits per heavy atom. The normalized spacial score (nSPS) is 42.7. The number of rotatable bonds is 2. The molecule has 0 spiro atoms. The second-order valence-corrected chi connectivity index (χ2v) is 6.89. The summed E-state index contributed by atoms with van der Waals surface area (Å²) in [4.78, 5) is 9.25. The van der Waals surface area contributed by atoms with E-state index in [2.05, 4.69) is 20.4 Å². The minimum atomic E-state index is -0.981. The fourth-order valence-corrected chi connectivity index (χ4v) is 4.88. The van der Waals surface area contributed by atoms with E-state index in [1.807, 2.05) is 0 Å². The van der Waals surface area contributed by atoms with Crippen molar-refractivity contribution in [1.29, 1.82) is 0 Å². The van der Waals surface area contributed by atoms with Crippen LogP contribution in [-0.2, 0) is 4.79 Å². The minimum Gasteiger partial charge on any atom is -0.478 e. The van der Waals surface area contributed by atoms with Gasteiger partial charge < -0.3 is 10.2 Å². The molecule has 0 unspecified atom stereocenters. The van der Waals surface area contributed by atoms with Crippen molar-refractivity contribution in [2.24, 2.45) is 29.6 Å². The van der Waals surface area contributed by atoms with Crippen LogP contribution in [0.25, 0.3) is 0 Å². The van der Waals surface area contributed by atoms with Gasteiger partial charge in [0, 0.05) is 6.08 Å². The predicted octanol–water partition coefficient (Wildman–Crippen LogP) is 3.09. The van der Waals surface area contributed by atoms with Crippen molar-refractivity contribution in [1.82, 2.24) is 0 Å². The van der Waals surface area contributed by atoms with Crippen molar-refractivity contribution < 1.29 is 15.0 Å². The van der Waals surface area contributed by atoms with Gasteiger partial charge in [0.05, 0.1) is 5.60 Å². The molecule has 4 saturated carbocycles. The second-order valence-electron chi connectivity index (χ2n) is 6.89. The Hall–Kier alpha value is -0.830. The van der Waals surface area contributed by atoms with Crippen LogP contribution in [0, 0.1) is 29.6 Å². The number of hydrogen-bond donors (Lipinski definition) is 2. The summed E-state index contributed by atoms with van der Waals surface area (Å²) in [6.45, 7) is 7.38. The third-order valence-corrected chi connectivity index (χ3v) is 5.55. The zero-order valence-electron chi connectivity index (χ0n) is 12.0. The molecular weight excluding hydrogens is 240 g/mol. The number of hydrogen-bond acceptors (Lipinski definition) is 2. The van der Waals surface area contributed by atoms with E-state index in [1.54, 1.807) is 0 Å². The Morgan fingerprint density at radius 3 is 1.79 bits per heavy atom. The van der Waals surface area contributed by atoms with Crippen LogP contribution < -0.4 is 0 Å². The van der Waals surface area contributed by atoms with Crippen LogP contribution >= 0.6 is 0 Å². The molecule has 0 atom stereocenters. The lowest BCUT2D eigenvalue weighted by Gasteiger charge is -2.60. The quantitative estimate of drug-likeness (QED) is 0.755. The molecule has 0 radical (unpaired) electrons. The summed E-state index contributed by atoms with van der Waals surface area (Å²) in [7, 11) is 0. The van der Waals surface area contributed by atoms with Crippen LogP contribution in [0.1, 0.15) is 46.0 Å². The lowest BCUT2D eigenvalue weighted by molar-refractivity contribution is -0.195. The first-order chi connectivity index (χ1) is 8.87. The number of aliphatic carboxylic acids is 1. The first-order valence-corrected chi connectivity index (χ1v) is 7.45. The lowest BCUT2D eigenvalue weighted by atomic mass is 9.48. The van der Waals surface area contributed by atoms with Crippen molar-refractivity contribution in [2.75, 3.05) is 0 Å². The monoisotopic (exact) mass is 266 g/mol. The molecular formula is C16H26O3. The van der Waals surface area contributed by atoms with E-state index >= 15 is 0 Å². The number of carboxylic acids is 1. The predicted molar refractivity (Wildman–Crippen MR) is 74.7 cm³/mol. The Bertz CT molecular complexity index is 331. The largest absolute Gasteiger partial charge is 0.478 e. The fourth-order valence-electron chi connectivity index (χ4n) is 4.88. The van der Waals surface area contributed by atoms with E-state index in [4.69, 9.17) is 5.11 Å². The molecule has 0 heterocycles. The van der Waals surface area contributed by atoms with Crippen LogP contribution in [-0.4, -0.2) is 21.8 Å². The average molecular weight is 266 g/mol. The molecule has 3 nitrogen and oxygen atoms in total. The van der Waals surface area contributed by atoms with Crippen molar-refractivity contribution in [3.8, 4) is 0 Å². The SMILES string of the molecule is C=CC(=O)O.CC(C)C1(O)C2CC3CC(C2)CC1C3. The Balaban J connectivity index is 0.000000232. The number of aliphatic hydroxyl groups is 1. The van der Waals surface area contributed by atoms with Gasteiger partial charge in [-0.3, -0.25) is 0 Å². The van der Waals surface area contributed by atoms with Gasteiger partial charge in [0.25, 0.3) is 0 Å². The summed E-state index contributed by atoms with van der Waals surface area (Å²) < 4.78 is 0. The van der Waals surface area contributed by atoms with Gasteiger partial charge in [-0.15, -0.1) is 0 Å². The highest BCUT2D eigenvalue weighted by molar-refractivity contribution is 5.78. The van der Waals surface area contributed by atoms with Gasteiger partial charge in [-0.1, -0.05) is 20.4 Å². The molecule has 4 fully saturated rings. The topological polar surface area (TPSA) is 57.5 Å². The van der Waals surface area contributed by atoms with Crippen LogP contribution in [0.4, 0.5) is 0 Å². The molecule has 4 aliphatic carbocycles. The Morgan fingerprint density at radius 1 is 1.16 bits per heavy atom. The van der Waals surface area contributed by atoms with Gasteiger partial charge in [-0.25, -0.2) is 4.79 Å². The van der Waals surface area contributed by atoms with Crippen LogP contribution in [0.15, 0.2) is 12.7 Å². The molecule has 0 aromatic heterocycles. The maximum absolute atomic E-state index is 10.9. The molecule has 0 aromatic carbocycles. The molecule has 4 rings (SSSR count). The van der Waals surface area contributed by atoms with E-state index in [1.165, 1.54) is 32.1 Å². The van der Waals surface area contributed by atoms with E-state index in [-0.39, 0.29) is 5.60 Å². The molecule has 4 aliphatic rings. The third-order valence-electron chi connectivity index (χ3n) is 5.55. The minimum absolute atomic E-state index is 0.298. The van der Waals surface area contributed by atoms with Gasteiger partial charge in [-0.2, -0.15) is 0 Å². The van der Waals surface area contributed by atoms with E-state index in [0.29, 0.717) is 17.8 Å². The highest BCUT2D eigenvalue weighted by Gasteiger charge is 2.57. The summed E-state index contributed by atoms with van der Waals surface area (Å²) in [5.74, 6) is 2.69. The van der Waals surface area contributed by atoms with Crippen LogP contribution in [0.3, 0.4) is 0 Å². The molecule has 2 N–H and O–H groups in total. The zero-order valence-corrected chi connectivity index (χ0v) is 12.0. The Kier molecular flexibility index (Phi) is 4.05. The molecule has 0 amide bonds. The highest BCUT2D eigenvalue weighted by Crippen LogP contribution is 2.60. The molecule has 108 valence electrons. The summed E-state index contributed by atoms with van der Waals surface area (Å²) in [5.41, 5.74) is -0.298. The van der Waals surface area contributed by atoms with Crippen molar-refractivity contribution in [3.05, 3.63) is 12.7 Å². The van der Waals surface area contributed by atoms with Crippen molar-refractivity contribution >= 4 is 5.97 Å². The van der Waals surface area contributed by atoms with Gasteiger partial charge in [-0.05, 0) is 61.7 Å². The summed E-state index contributed by atoms with van der Waals surface area (Å²) in [5, 5.41) is 18.5. The first-order valence-electron chi connectivity index (χ1n) is 7.45. The van der Waals surface area contributed by atoms with E-state index in [9.17, 15) is 9.90 Å². The summed E-state index contributed by atoms with van der Waals surface area (Å²) in [6.07, 6.45) is 7.59. The molecule has 0 saturated heterocycles. The van der Waals surface area contributed by atoms with Crippen LogP contribution in [0.2, 0.25) is 0 Å². The van der Waals surface area contributed by atoms with Crippen molar-refractivity contribution in [2.45, 2.75) is 51.6 Å². The standard InChI is InChI=1S/C13H22O.C3H4O2/c1-8(2)13(14)11-4-9-3-10(6-11)7-12(13)5-9;1-2-3(4)5/h8-12,14H,3-7H2,1-2H3;2H,1H2,(H,4,5). The second kappa shape index (κ2) is 5.28. The number of carbonyl (C=O) groups is 1. The zero-order chi connectivity index (χ0) is 14.2. The maximum atomic E-state index is 10.9. The smallest absolute Gasteiger partial charge is 0.327 e. The third kappa shape index (κ3) is 2.58. The van der Waals surface area contributed by atoms with Gasteiger partial charge in [0.15, 0.2) is 0 Å². The Labute approximate surface area is 115 Å². The maximum Gasteiger partial charge on any atom is 0.327 e. The molecule has 19 heavy (non-hydrogen) atoms. The molecule has 3 heteroatoms.